The van der Waals surface area contributed by atoms with E-state index < -0.39 is 0 Å². The summed E-state index contributed by atoms with van der Waals surface area (Å²) in [6, 6.07) is 7.90. The van der Waals surface area contributed by atoms with Crippen LogP contribution in [0.2, 0.25) is 0 Å². The molecule has 1 aromatic rings. The van der Waals surface area contributed by atoms with Crippen LogP contribution in [-0.4, -0.2) is 34.6 Å². The van der Waals surface area contributed by atoms with Crippen molar-refractivity contribution in [3.8, 4) is 0 Å². The van der Waals surface area contributed by atoms with E-state index in [2.05, 4.69) is 19.2 Å². The number of carbonyl (C=O) groups is 1. The van der Waals surface area contributed by atoms with Gasteiger partial charge >= 0.3 is 6.03 Å². The third-order valence-corrected chi connectivity index (χ3v) is 5.23. The second-order valence-electron chi connectivity index (χ2n) is 5.27. The molecule has 1 aromatic carbocycles. The van der Waals surface area contributed by atoms with Crippen LogP contribution in [0, 0.1) is 0 Å². The van der Waals surface area contributed by atoms with E-state index in [-0.39, 0.29) is 11.4 Å². The number of nitrogens with one attached hydrogen (secondary N) is 1. The molecule has 0 saturated heterocycles. The predicted octanol–water partition coefficient (Wildman–Crippen LogP) is 5.45. The van der Waals surface area contributed by atoms with Gasteiger partial charge in [-0.2, -0.15) is 0 Å². The highest BCUT2D eigenvalue weighted by atomic mass is 35.5. The molecule has 22 heavy (non-hydrogen) atoms. The third kappa shape index (κ3) is 6.09. The Bertz CT molecular complexity index is 466. The Balaban J connectivity index is 2.75. The first kappa shape index (κ1) is 19.2. The molecule has 0 aliphatic carbocycles. The van der Waals surface area contributed by atoms with Crippen molar-refractivity contribution in [2.75, 3.05) is 18.4 Å². The van der Waals surface area contributed by atoms with Gasteiger partial charge in [-0.05, 0) is 38.8 Å². The average molecular weight is 343 g/mol. The monoisotopic (exact) mass is 342 g/mol. The molecule has 1 rings (SSSR count). The third-order valence-electron chi connectivity index (χ3n) is 3.54. The van der Waals surface area contributed by atoms with Crippen LogP contribution in [0.15, 0.2) is 29.2 Å². The lowest BCUT2D eigenvalue weighted by Crippen LogP contribution is -2.34. The normalized spacial score (nSPS) is 13.5. The van der Waals surface area contributed by atoms with Gasteiger partial charge in [-0.1, -0.05) is 26.0 Å². The number of carbonyl (C=O) groups excluding carboxylic acids is 1. The Labute approximate surface area is 143 Å². The molecule has 1 N–H and O–H groups in total. The van der Waals surface area contributed by atoms with Crippen LogP contribution in [-0.2, 0) is 0 Å². The Kier molecular flexibility index (Phi) is 8.72. The molecule has 0 heterocycles. The van der Waals surface area contributed by atoms with Crippen LogP contribution < -0.4 is 5.32 Å². The molecule has 0 fully saturated rings. The summed E-state index contributed by atoms with van der Waals surface area (Å²) in [5, 5.41) is 3.64. The van der Waals surface area contributed by atoms with Crippen LogP contribution in [0.4, 0.5) is 10.5 Å². The fraction of sp³-hybridized carbons (Fsp3) is 0.588. The van der Waals surface area contributed by atoms with Crippen molar-refractivity contribution in [3.05, 3.63) is 24.3 Å². The fourth-order valence-electron chi connectivity index (χ4n) is 2.17. The minimum Gasteiger partial charge on any atom is -0.325 e. The van der Waals surface area contributed by atoms with Gasteiger partial charge < -0.3 is 10.2 Å². The molecule has 2 atom stereocenters. The van der Waals surface area contributed by atoms with Crippen molar-refractivity contribution in [1.82, 2.24) is 4.90 Å². The fourth-order valence-corrected chi connectivity index (χ4v) is 3.71. The molecule has 5 heteroatoms. The highest BCUT2D eigenvalue weighted by molar-refractivity contribution is 8.00. The number of urea groups is 1. The number of halogens is 1. The summed E-state index contributed by atoms with van der Waals surface area (Å²) in [4.78, 5) is 15.1. The van der Waals surface area contributed by atoms with E-state index in [1.165, 1.54) is 0 Å². The van der Waals surface area contributed by atoms with E-state index in [0.717, 1.165) is 23.4 Å². The molecule has 0 aliphatic rings. The average Bonchev–Trinajstić information content (AvgIpc) is 2.50. The zero-order valence-corrected chi connectivity index (χ0v) is 15.5. The lowest BCUT2D eigenvalue weighted by Gasteiger charge is -2.21. The van der Waals surface area contributed by atoms with Gasteiger partial charge in [0.2, 0.25) is 0 Å². The SMILES string of the molecule is CCC(Cl)CC(C)Sc1ccccc1NC(=O)N(CC)CC. The van der Waals surface area contributed by atoms with Gasteiger partial charge in [-0.15, -0.1) is 23.4 Å². The number of nitrogens with zero attached hydrogens (tertiary/aromatic N) is 1. The standard InChI is InChI=1S/C17H27ClN2OS/c1-5-14(18)12-13(4)22-16-11-9-8-10-15(16)19-17(21)20(6-2)7-3/h8-11,13-14H,5-7,12H2,1-4H3,(H,19,21). The second-order valence-corrected chi connectivity index (χ2v) is 7.37. The van der Waals surface area contributed by atoms with Crippen molar-refractivity contribution in [2.24, 2.45) is 0 Å². The number of hydrogen-bond acceptors (Lipinski definition) is 2. The molecule has 3 nitrogen and oxygen atoms in total. The lowest BCUT2D eigenvalue weighted by molar-refractivity contribution is 0.217. The highest BCUT2D eigenvalue weighted by Gasteiger charge is 2.15. The summed E-state index contributed by atoms with van der Waals surface area (Å²) in [6.45, 7) is 9.66. The first-order chi connectivity index (χ1) is 10.5. The summed E-state index contributed by atoms with van der Waals surface area (Å²) in [5.74, 6) is 0. The summed E-state index contributed by atoms with van der Waals surface area (Å²) >= 11 is 8.00. The van der Waals surface area contributed by atoms with E-state index in [0.29, 0.717) is 18.3 Å². The summed E-state index contributed by atoms with van der Waals surface area (Å²) in [5.41, 5.74) is 0.874. The molecular formula is C17H27ClN2OS. The van der Waals surface area contributed by atoms with E-state index in [1.54, 1.807) is 16.7 Å². The van der Waals surface area contributed by atoms with Crippen LogP contribution in [0.25, 0.3) is 0 Å². The van der Waals surface area contributed by atoms with Crippen molar-refractivity contribution in [3.63, 3.8) is 0 Å². The van der Waals surface area contributed by atoms with E-state index in [9.17, 15) is 4.79 Å². The maximum atomic E-state index is 12.2. The molecule has 0 radical (unpaired) electrons. The Hall–Kier alpha value is -0.870. The smallest absolute Gasteiger partial charge is 0.321 e. The minimum atomic E-state index is -0.0468. The molecule has 0 aliphatic heterocycles. The van der Waals surface area contributed by atoms with Gasteiger partial charge in [-0.25, -0.2) is 4.79 Å². The lowest BCUT2D eigenvalue weighted by atomic mass is 10.2. The molecule has 124 valence electrons. The van der Waals surface area contributed by atoms with Crippen molar-refractivity contribution < 1.29 is 4.79 Å². The Morgan fingerprint density at radius 2 is 1.91 bits per heavy atom. The number of alkyl halides is 1. The number of thioether (sulfide) groups is 1. The molecule has 0 aromatic heterocycles. The summed E-state index contributed by atoms with van der Waals surface area (Å²) in [7, 11) is 0. The second kappa shape index (κ2) is 10.0. The molecule has 0 bridgehead atoms. The Morgan fingerprint density at radius 3 is 2.50 bits per heavy atom. The topological polar surface area (TPSA) is 32.3 Å². The van der Waals surface area contributed by atoms with Crippen LogP contribution in [0.5, 0.6) is 0 Å². The predicted molar refractivity (Wildman–Crippen MR) is 98.2 cm³/mol. The number of rotatable bonds is 8. The first-order valence-corrected chi connectivity index (χ1v) is 9.29. The number of hydrogen-bond donors (Lipinski definition) is 1. The highest BCUT2D eigenvalue weighted by Crippen LogP contribution is 2.33. The molecule has 2 unspecified atom stereocenters. The van der Waals surface area contributed by atoms with E-state index in [4.69, 9.17) is 11.6 Å². The maximum Gasteiger partial charge on any atom is 0.321 e. The largest absolute Gasteiger partial charge is 0.325 e. The summed E-state index contributed by atoms with van der Waals surface area (Å²) in [6.07, 6.45) is 1.94. The van der Waals surface area contributed by atoms with Gasteiger partial charge in [-0.3, -0.25) is 0 Å². The van der Waals surface area contributed by atoms with Gasteiger partial charge in [0.25, 0.3) is 0 Å². The van der Waals surface area contributed by atoms with Crippen LogP contribution in [0.1, 0.15) is 40.5 Å². The number of para-hydroxylation sites is 1. The minimum absolute atomic E-state index is 0.0468. The van der Waals surface area contributed by atoms with E-state index >= 15 is 0 Å². The van der Waals surface area contributed by atoms with Crippen LogP contribution in [0.3, 0.4) is 0 Å². The van der Waals surface area contributed by atoms with Gasteiger partial charge in [0, 0.05) is 28.6 Å². The number of anilines is 1. The van der Waals surface area contributed by atoms with E-state index in [1.807, 2.05) is 38.1 Å². The zero-order chi connectivity index (χ0) is 16.5. The molecule has 0 saturated carbocycles. The van der Waals surface area contributed by atoms with Crippen LogP contribution >= 0.6 is 23.4 Å². The number of amides is 2. The molecular weight excluding hydrogens is 316 g/mol. The van der Waals surface area contributed by atoms with Gasteiger partial charge in [0.1, 0.15) is 0 Å². The quantitative estimate of drug-likeness (QED) is 0.503. The zero-order valence-electron chi connectivity index (χ0n) is 13.9. The van der Waals surface area contributed by atoms with Crippen molar-refractivity contribution >= 4 is 35.1 Å². The van der Waals surface area contributed by atoms with Gasteiger partial charge in [0.05, 0.1) is 5.69 Å². The Morgan fingerprint density at radius 1 is 1.27 bits per heavy atom. The van der Waals surface area contributed by atoms with Crippen molar-refractivity contribution in [1.29, 1.82) is 0 Å². The number of benzene rings is 1. The van der Waals surface area contributed by atoms with Gasteiger partial charge in [0.15, 0.2) is 0 Å². The molecule has 2 amide bonds. The summed E-state index contributed by atoms with van der Waals surface area (Å²) < 4.78 is 0. The maximum absolute atomic E-state index is 12.2. The molecule has 0 spiro atoms. The first-order valence-electron chi connectivity index (χ1n) is 7.97. The van der Waals surface area contributed by atoms with Crippen molar-refractivity contribution in [2.45, 2.75) is 56.1 Å².